The van der Waals surface area contributed by atoms with Crippen LogP contribution >= 0.6 is 0 Å². The van der Waals surface area contributed by atoms with Gasteiger partial charge in [-0.15, -0.1) is 0 Å². The van der Waals surface area contributed by atoms with E-state index in [1.165, 1.54) is 29.5 Å². The van der Waals surface area contributed by atoms with Crippen LogP contribution in [-0.2, 0) is 19.2 Å². The Morgan fingerprint density at radius 1 is 1.00 bits per heavy atom. The van der Waals surface area contributed by atoms with Crippen LogP contribution in [0.1, 0.15) is 52.2 Å². The lowest BCUT2D eigenvalue weighted by molar-refractivity contribution is -0.137. The van der Waals surface area contributed by atoms with Gasteiger partial charge in [0.25, 0.3) is 0 Å². The summed E-state index contributed by atoms with van der Waals surface area (Å²) >= 11 is 0. The van der Waals surface area contributed by atoms with Gasteiger partial charge in [-0.25, -0.2) is 4.98 Å². The molecule has 32 heavy (non-hydrogen) atoms. The normalized spacial score (nSPS) is 11.9. The van der Waals surface area contributed by atoms with Crippen LogP contribution in [0, 0.1) is 13.8 Å². The number of aliphatic hydroxyl groups excluding tert-OH is 1. The summed E-state index contributed by atoms with van der Waals surface area (Å²) in [6.45, 7) is 4.53. The number of aromatic nitrogens is 1. The first kappa shape index (κ1) is 23.6. The third kappa shape index (κ3) is 6.23. The fourth-order valence-corrected chi connectivity index (χ4v) is 3.27. The number of hydrogen-bond acceptors (Lipinski definition) is 4. The summed E-state index contributed by atoms with van der Waals surface area (Å²) in [5.74, 6) is 1.12. The molecule has 0 atom stereocenters. The maximum absolute atomic E-state index is 12.6. The SMILES string of the molecule is Cc1c(CCCCO)ccc(OCc2coc(/C=C/c3ccc(C(F)(F)F)cc3)n2)c1C. The second-order valence-electron chi connectivity index (χ2n) is 7.57. The zero-order chi connectivity index (χ0) is 23.1. The second-order valence-corrected chi connectivity index (χ2v) is 7.57. The molecule has 2 aromatic carbocycles. The van der Waals surface area contributed by atoms with Crippen molar-refractivity contribution in [2.24, 2.45) is 0 Å². The molecule has 0 fully saturated rings. The number of aliphatic hydroxyl groups is 1. The van der Waals surface area contributed by atoms with E-state index in [0.717, 1.165) is 42.7 Å². The molecule has 170 valence electrons. The Balaban J connectivity index is 1.58. The first-order valence-corrected chi connectivity index (χ1v) is 10.4. The third-order valence-electron chi connectivity index (χ3n) is 5.31. The summed E-state index contributed by atoms with van der Waals surface area (Å²) in [7, 11) is 0. The lowest BCUT2D eigenvalue weighted by atomic mass is 9.98. The average Bonchev–Trinajstić information content (AvgIpc) is 3.22. The average molecular weight is 445 g/mol. The minimum Gasteiger partial charge on any atom is -0.487 e. The smallest absolute Gasteiger partial charge is 0.416 e. The van der Waals surface area contributed by atoms with E-state index < -0.39 is 11.7 Å². The summed E-state index contributed by atoms with van der Waals surface area (Å²) in [4.78, 5) is 4.33. The Hall–Kier alpha value is -3.06. The molecule has 0 unspecified atom stereocenters. The van der Waals surface area contributed by atoms with Crippen LogP contribution in [0.3, 0.4) is 0 Å². The van der Waals surface area contributed by atoms with Crippen molar-refractivity contribution in [2.75, 3.05) is 6.61 Å². The van der Waals surface area contributed by atoms with Gasteiger partial charge in [0.1, 0.15) is 24.3 Å². The number of unbranched alkanes of at least 4 members (excludes halogenated alkanes) is 1. The molecule has 1 N–H and O–H groups in total. The highest BCUT2D eigenvalue weighted by Gasteiger charge is 2.29. The van der Waals surface area contributed by atoms with Crippen molar-refractivity contribution >= 4 is 12.2 Å². The fourth-order valence-electron chi connectivity index (χ4n) is 3.27. The predicted molar refractivity (Wildman–Crippen MR) is 117 cm³/mol. The number of ether oxygens (including phenoxy) is 1. The van der Waals surface area contributed by atoms with Gasteiger partial charge in [-0.3, -0.25) is 0 Å². The lowest BCUT2D eigenvalue weighted by Crippen LogP contribution is -2.03. The molecular weight excluding hydrogens is 419 g/mol. The van der Waals surface area contributed by atoms with E-state index >= 15 is 0 Å². The van der Waals surface area contributed by atoms with E-state index in [1.54, 1.807) is 12.2 Å². The van der Waals surface area contributed by atoms with Crippen molar-refractivity contribution in [2.45, 2.75) is 45.9 Å². The van der Waals surface area contributed by atoms with Crippen LogP contribution in [0.25, 0.3) is 12.2 Å². The van der Waals surface area contributed by atoms with E-state index in [1.807, 2.05) is 13.0 Å². The maximum Gasteiger partial charge on any atom is 0.416 e. The number of hydrogen-bond donors (Lipinski definition) is 1. The number of alkyl halides is 3. The van der Waals surface area contributed by atoms with Crippen LogP contribution < -0.4 is 4.74 Å². The van der Waals surface area contributed by atoms with E-state index in [0.29, 0.717) is 17.1 Å². The van der Waals surface area contributed by atoms with Crippen molar-refractivity contribution in [1.29, 1.82) is 0 Å². The molecule has 4 nitrogen and oxygen atoms in total. The molecule has 1 aromatic heterocycles. The van der Waals surface area contributed by atoms with E-state index in [2.05, 4.69) is 18.0 Å². The number of aryl methyl sites for hydroxylation is 1. The van der Waals surface area contributed by atoms with Crippen molar-refractivity contribution in [3.8, 4) is 5.75 Å². The Kier molecular flexibility index (Phi) is 7.75. The largest absolute Gasteiger partial charge is 0.487 e. The number of oxazole rings is 1. The van der Waals surface area contributed by atoms with Crippen LogP contribution in [0.5, 0.6) is 5.75 Å². The quantitative estimate of drug-likeness (QED) is 0.389. The molecule has 3 aromatic rings. The first-order chi connectivity index (χ1) is 15.3. The Bertz CT molecular complexity index is 1050. The minimum atomic E-state index is -4.35. The highest BCUT2D eigenvalue weighted by atomic mass is 19.4. The van der Waals surface area contributed by atoms with Gasteiger partial charge >= 0.3 is 6.18 Å². The topological polar surface area (TPSA) is 55.5 Å². The number of nitrogens with zero attached hydrogens (tertiary/aromatic N) is 1. The minimum absolute atomic E-state index is 0.207. The zero-order valence-corrected chi connectivity index (χ0v) is 18.1. The molecule has 7 heteroatoms. The summed E-state index contributed by atoms with van der Waals surface area (Å²) in [5, 5.41) is 8.95. The lowest BCUT2D eigenvalue weighted by Gasteiger charge is -2.14. The van der Waals surface area contributed by atoms with Gasteiger partial charge in [-0.1, -0.05) is 18.2 Å². The van der Waals surface area contributed by atoms with E-state index in [9.17, 15) is 13.2 Å². The molecule has 0 spiro atoms. The van der Waals surface area contributed by atoms with Gasteiger partial charge in [-0.2, -0.15) is 13.2 Å². The highest BCUT2D eigenvalue weighted by molar-refractivity contribution is 5.66. The molecule has 0 aliphatic rings. The molecule has 0 saturated heterocycles. The Labute approximate surface area is 185 Å². The molecule has 0 amide bonds. The van der Waals surface area contributed by atoms with Gasteiger partial charge in [0.15, 0.2) is 0 Å². The maximum atomic E-state index is 12.6. The fraction of sp³-hybridized carbons (Fsp3) is 0.320. The molecule has 0 bridgehead atoms. The zero-order valence-electron chi connectivity index (χ0n) is 18.1. The van der Waals surface area contributed by atoms with Gasteiger partial charge in [0, 0.05) is 12.7 Å². The standard InChI is InChI=1S/C25H26F3NO3/c1-17-18(2)23(12-9-20(17)5-3-4-14-30)31-15-22-16-32-24(29-22)13-8-19-6-10-21(11-7-19)25(26,27)28/h6-13,16,30H,3-5,14-15H2,1-2H3/b13-8+. The van der Waals surface area contributed by atoms with Crippen LogP contribution in [0.2, 0.25) is 0 Å². The molecule has 0 aliphatic carbocycles. The van der Waals surface area contributed by atoms with Crippen molar-refractivity contribution in [1.82, 2.24) is 4.98 Å². The molecular formula is C25H26F3NO3. The highest BCUT2D eigenvalue weighted by Crippen LogP contribution is 2.29. The molecule has 0 aliphatic heterocycles. The molecule has 1 heterocycles. The first-order valence-electron chi connectivity index (χ1n) is 10.4. The summed E-state index contributed by atoms with van der Waals surface area (Å²) < 4.78 is 49.2. The van der Waals surface area contributed by atoms with Gasteiger partial charge < -0.3 is 14.3 Å². The predicted octanol–water partition coefficient (Wildman–Crippen LogP) is 6.37. The number of halogens is 3. The van der Waals surface area contributed by atoms with Crippen LogP contribution in [0.4, 0.5) is 13.2 Å². The van der Waals surface area contributed by atoms with Crippen molar-refractivity contribution in [3.05, 3.63) is 82.1 Å². The molecule has 0 saturated carbocycles. The van der Waals surface area contributed by atoms with E-state index in [4.69, 9.17) is 14.3 Å². The number of benzene rings is 2. The molecule has 0 radical (unpaired) electrons. The molecule has 3 rings (SSSR count). The van der Waals surface area contributed by atoms with Crippen molar-refractivity contribution in [3.63, 3.8) is 0 Å². The van der Waals surface area contributed by atoms with Crippen molar-refractivity contribution < 1.29 is 27.4 Å². The third-order valence-corrected chi connectivity index (χ3v) is 5.31. The summed E-state index contributed by atoms with van der Waals surface area (Å²) in [6.07, 6.45) is 3.04. The Morgan fingerprint density at radius 3 is 2.44 bits per heavy atom. The van der Waals surface area contributed by atoms with Gasteiger partial charge in [0.05, 0.1) is 5.56 Å². The van der Waals surface area contributed by atoms with Gasteiger partial charge in [-0.05, 0) is 79.6 Å². The summed E-state index contributed by atoms with van der Waals surface area (Å²) in [6, 6.07) is 8.86. The summed E-state index contributed by atoms with van der Waals surface area (Å²) in [5.41, 5.74) is 4.04. The van der Waals surface area contributed by atoms with Crippen LogP contribution in [0.15, 0.2) is 47.1 Å². The van der Waals surface area contributed by atoms with E-state index in [-0.39, 0.29) is 13.2 Å². The second kappa shape index (κ2) is 10.5. The van der Waals surface area contributed by atoms with Gasteiger partial charge in [0.2, 0.25) is 5.89 Å². The van der Waals surface area contributed by atoms with Crippen LogP contribution in [-0.4, -0.2) is 16.7 Å². The monoisotopic (exact) mass is 445 g/mol. The Morgan fingerprint density at radius 2 is 1.75 bits per heavy atom. The number of rotatable bonds is 9.